The molecule has 0 unspecified atom stereocenters. The van der Waals surface area contributed by atoms with Crippen LogP contribution in [0.25, 0.3) is 0 Å². The standard InChI is InChI=1S/C14H16ClNO4S/c1-10(2)19-11-3-6-13(7-4-11)21(17,18)16-9-12-5-8-14(15)20-12/h3-8,10,16H,9H2,1-2H3. The van der Waals surface area contributed by atoms with Gasteiger partial charge in [0, 0.05) is 0 Å². The molecule has 21 heavy (non-hydrogen) atoms. The Labute approximate surface area is 128 Å². The van der Waals surface area contributed by atoms with Gasteiger partial charge in [0.05, 0.1) is 17.5 Å². The van der Waals surface area contributed by atoms with Gasteiger partial charge in [0.2, 0.25) is 10.0 Å². The highest BCUT2D eigenvalue weighted by Crippen LogP contribution is 2.18. The van der Waals surface area contributed by atoms with E-state index in [2.05, 4.69) is 4.72 Å². The summed E-state index contributed by atoms with van der Waals surface area (Å²) in [4.78, 5) is 0.163. The number of nitrogens with one attached hydrogen (secondary N) is 1. The van der Waals surface area contributed by atoms with E-state index in [0.29, 0.717) is 11.5 Å². The zero-order chi connectivity index (χ0) is 15.5. The van der Waals surface area contributed by atoms with Crippen molar-refractivity contribution in [1.29, 1.82) is 0 Å². The van der Waals surface area contributed by atoms with Crippen LogP contribution in [0.3, 0.4) is 0 Å². The Balaban J connectivity index is 2.05. The molecule has 0 spiro atoms. The van der Waals surface area contributed by atoms with Crippen molar-refractivity contribution in [1.82, 2.24) is 4.72 Å². The predicted molar refractivity (Wildman–Crippen MR) is 79.9 cm³/mol. The van der Waals surface area contributed by atoms with Crippen molar-refractivity contribution in [2.75, 3.05) is 0 Å². The molecular formula is C14H16ClNO4S. The molecule has 1 aromatic heterocycles. The Hall–Kier alpha value is -1.50. The molecule has 0 fully saturated rings. The van der Waals surface area contributed by atoms with Crippen LogP contribution >= 0.6 is 11.6 Å². The van der Waals surface area contributed by atoms with E-state index in [1.807, 2.05) is 13.8 Å². The monoisotopic (exact) mass is 329 g/mol. The third-order valence-corrected chi connectivity index (χ3v) is 4.19. The van der Waals surface area contributed by atoms with Crippen molar-refractivity contribution < 1.29 is 17.6 Å². The van der Waals surface area contributed by atoms with E-state index in [9.17, 15) is 8.42 Å². The second-order valence-electron chi connectivity index (χ2n) is 4.67. The topological polar surface area (TPSA) is 68.5 Å². The molecule has 0 saturated carbocycles. The van der Waals surface area contributed by atoms with E-state index in [4.69, 9.17) is 20.8 Å². The van der Waals surface area contributed by atoms with Crippen molar-refractivity contribution in [2.24, 2.45) is 0 Å². The summed E-state index contributed by atoms with van der Waals surface area (Å²) in [5.74, 6) is 1.07. The van der Waals surface area contributed by atoms with Crippen molar-refractivity contribution in [2.45, 2.75) is 31.4 Å². The predicted octanol–water partition coefficient (Wildman–Crippen LogP) is 3.20. The molecule has 5 nitrogen and oxygen atoms in total. The molecule has 2 rings (SSSR count). The number of hydrogen-bond donors (Lipinski definition) is 1. The van der Waals surface area contributed by atoms with Gasteiger partial charge in [-0.3, -0.25) is 0 Å². The molecule has 0 aliphatic rings. The minimum atomic E-state index is -3.60. The summed E-state index contributed by atoms with van der Waals surface area (Å²) < 4.78 is 37.2. The van der Waals surface area contributed by atoms with Crippen LogP contribution in [0.1, 0.15) is 19.6 Å². The van der Waals surface area contributed by atoms with Gasteiger partial charge in [0.1, 0.15) is 11.5 Å². The van der Waals surface area contributed by atoms with E-state index in [1.54, 1.807) is 24.3 Å². The number of sulfonamides is 1. The number of benzene rings is 1. The number of halogens is 1. The first-order chi connectivity index (χ1) is 9.87. The summed E-state index contributed by atoms with van der Waals surface area (Å²) in [6, 6.07) is 9.41. The van der Waals surface area contributed by atoms with Gasteiger partial charge in [-0.25, -0.2) is 13.1 Å². The zero-order valence-electron chi connectivity index (χ0n) is 11.7. The maximum atomic E-state index is 12.1. The van der Waals surface area contributed by atoms with Crippen LogP contribution in [-0.4, -0.2) is 14.5 Å². The Bertz CT molecular complexity index is 692. The normalized spacial score (nSPS) is 11.8. The van der Waals surface area contributed by atoms with Crippen molar-refractivity contribution in [3.05, 3.63) is 47.4 Å². The van der Waals surface area contributed by atoms with Crippen LogP contribution in [0.4, 0.5) is 0 Å². The lowest BCUT2D eigenvalue weighted by atomic mass is 10.3. The Morgan fingerprint density at radius 1 is 1.19 bits per heavy atom. The van der Waals surface area contributed by atoms with E-state index < -0.39 is 10.0 Å². The SMILES string of the molecule is CC(C)Oc1ccc(S(=O)(=O)NCc2ccc(Cl)o2)cc1. The fourth-order valence-corrected chi connectivity index (χ4v) is 2.82. The van der Waals surface area contributed by atoms with Crippen LogP contribution in [0.5, 0.6) is 5.75 Å². The zero-order valence-corrected chi connectivity index (χ0v) is 13.2. The molecule has 0 aliphatic heterocycles. The van der Waals surface area contributed by atoms with Gasteiger partial charge in [0.25, 0.3) is 0 Å². The van der Waals surface area contributed by atoms with Crippen molar-refractivity contribution in [3.8, 4) is 5.75 Å². The highest BCUT2D eigenvalue weighted by molar-refractivity contribution is 7.89. The highest BCUT2D eigenvalue weighted by Gasteiger charge is 2.14. The molecule has 0 bridgehead atoms. The van der Waals surface area contributed by atoms with Gasteiger partial charge < -0.3 is 9.15 Å². The molecule has 0 radical (unpaired) electrons. The quantitative estimate of drug-likeness (QED) is 0.883. The summed E-state index contributed by atoms with van der Waals surface area (Å²) in [7, 11) is -3.60. The van der Waals surface area contributed by atoms with Crippen LogP contribution in [0.15, 0.2) is 45.7 Å². The van der Waals surface area contributed by atoms with E-state index in [-0.39, 0.29) is 22.8 Å². The fourth-order valence-electron chi connectivity index (χ4n) is 1.67. The van der Waals surface area contributed by atoms with Gasteiger partial charge in [-0.05, 0) is 61.8 Å². The second kappa shape index (κ2) is 6.51. The van der Waals surface area contributed by atoms with Gasteiger partial charge >= 0.3 is 0 Å². The molecule has 7 heteroatoms. The Kier molecular flexibility index (Phi) is 4.92. The summed E-state index contributed by atoms with van der Waals surface area (Å²) in [5, 5.41) is 0.222. The van der Waals surface area contributed by atoms with E-state index in [1.165, 1.54) is 12.1 Å². The van der Waals surface area contributed by atoms with Crippen molar-refractivity contribution in [3.63, 3.8) is 0 Å². The first-order valence-electron chi connectivity index (χ1n) is 6.37. The minimum absolute atomic E-state index is 0.0364. The molecular weight excluding hydrogens is 314 g/mol. The van der Waals surface area contributed by atoms with Gasteiger partial charge in [-0.2, -0.15) is 0 Å². The number of furan rings is 1. The van der Waals surface area contributed by atoms with E-state index in [0.717, 1.165) is 0 Å². The number of hydrogen-bond acceptors (Lipinski definition) is 4. The number of rotatable bonds is 6. The first-order valence-corrected chi connectivity index (χ1v) is 8.23. The van der Waals surface area contributed by atoms with E-state index >= 15 is 0 Å². The summed E-state index contributed by atoms with van der Waals surface area (Å²) in [6.07, 6.45) is 0.0364. The number of ether oxygens (including phenoxy) is 1. The van der Waals surface area contributed by atoms with Gasteiger partial charge in [-0.15, -0.1) is 0 Å². The average Bonchev–Trinajstić information content (AvgIpc) is 2.82. The first kappa shape index (κ1) is 15.9. The van der Waals surface area contributed by atoms with Gasteiger partial charge in [0.15, 0.2) is 5.22 Å². The maximum Gasteiger partial charge on any atom is 0.240 e. The molecule has 0 amide bonds. The highest BCUT2D eigenvalue weighted by atomic mass is 35.5. The summed E-state index contributed by atoms with van der Waals surface area (Å²) >= 11 is 5.63. The maximum absolute atomic E-state index is 12.1. The average molecular weight is 330 g/mol. The Morgan fingerprint density at radius 3 is 2.38 bits per heavy atom. The van der Waals surface area contributed by atoms with Gasteiger partial charge in [-0.1, -0.05) is 0 Å². The smallest absolute Gasteiger partial charge is 0.240 e. The second-order valence-corrected chi connectivity index (χ2v) is 6.81. The third kappa shape index (κ3) is 4.49. The molecule has 0 saturated heterocycles. The summed E-state index contributed by atoms with van der Waals surface area (Å²) in [6.45, 7) is 3.85. The van der Waals surface area contributed by atoms with Crippen LogP contribution in [0.2, 0.25) is 5.22 Å². The molecule has 2 aromatic rings. The lowest BCUT2D eigenvalue weighted by Gasteiger charge is -2.10. The fraction of sp³-hybridized carbons (Fsp3) is 0.286. The Morgan fingerprint density at radius 2 is 1.86 bits per heavy atom. The minimum Gasteiger partial charge on any atom is -0.491 e. The van der Waals surface area contributed by atoms with Crippen LogP contribution < -0.4 is 9.46 Å². The summed E-state index contributed by atoms with van der Waals surface area (Å²) in [5.41, 5.74) is 0. The molecule has 0 aliphatic carbocycles. The largest absolute Gasteiger partial charge is 0.491 e. The molecule has 1 aromatic carbocycles. The molecule has 114 valence electrons. The lowest BCUT2D eigenvalue weighted by molar-refractivity contribution is 0.242. The van der Waals surface area contributed by atoms with Crippen molar-refractivity contribution >= 4 is 21.6 Å². The van der Waals surface area contributed by atoms with Crippen LogP contribution in [-0.2, 0) is 16.6 Å². The molecule has 1 N–H and O–H groups in total. The third-order valence-electron chi connectivity index (χ3n) is 2.57. The lowest BCUT2D eigenvalue weighted by Crippen LogP contribution is -2.23. The molecule has 0 atom stereocenters. The molecule has 1 heterocycles. The van der Waals surface area contributed by atoms with Crippen LogP contribution in [0, 0.1) is 0 Å².